The predicted molar refractivity (Wildman–Crippen MR) is 365 cm³/mol. The van der Waals surface area contributed by atoms with E-state index in [1.165, 1.54) is 54.6 Å². The largest absolute Gasteiger partial charge is 0.506 e. The molecule has 9 aromatic rings. The second-order valence-electron chi connectivity index (χ2n) is 24.4. The molecule has 0 aliphatic carbocycles. The summed E-state index contributed by atoms with van der Waals surface area (Å²) in [6.45, 7) is 4.60. The summed E-state index contributed by atoms with van der Waals surface area (Å²) in [6, 6.07) is 4.48. The van der Waals surface area contributed by atoms with Crippen molar-refractivity contribution < 1.29 is 82.5 Å². The van der Waals surface area contributed by atoms with Crippen LogP contribution >= 0.6 is 56.7 Å². The van der Waals surface area contributed by atoms with E-state index in [1.54, 1.807) is 68.8 Å². The summed E-state index contributed by atoms with van der Waals surface area (Å²) < 4.78 is 38.3. The van der Waals surface area contributed by atoms with Gasteiger partial charge in [-0.25, -0.2) is 39.5 Å². The fourth-order valence-corrected chi connectivity index (χ4v) is 16.6. The Kier molecular flexibility index (Phi) is 19.9. The number of aromatic hydroxyl groups is 1. The van der Waals surface area contributed by atoms with Crippen LogP contribution in [0.3, 0.4) is 0 Å². The molecule has 36 heteroatoms. The molecular weight excluding hydrogens is 1410 g/mol. The van der Waals surface area contributed by atoms with Gasteiger partial charge in [0.15, 0.2) is 18.1 Å². The lowest BCUT2D eigenvalue weighted by atomic mass is 9.85. The van der Waals surface area contributed by atoms with Crippen molar-refractivity contribution in [1.29, 1.82) is 0 Å². The number of ether oxygens (including phenoxy) is 6. The van der Waals surface area contributed by atoms with Crippen LogP contribution in [0.1, 0.15) is 130 Å². The fourth-order valence-electron chi connectivity index (χ4n) is 12.4. The molecule has 31 nitrogen and oxygen atoms in total. The Bertz CT molecular complexity index is 4750. The van der Waals surface area contributed by atoms with Crippen LogP contribution in [0.15, 0.2) is 81.5 Å². The molecule has 12 heterocycles. The molecule has 1 fully saturated rings. The molecule has 12 bridgehead atoms. The highest BCUT2D eigenvalue weighted by molar-refractivity contribution is 7.14. The van der Waals surface area contributed by atoms with Crippen molar-refractivity contribution in [3.05, 3.63) is 142 Å². The van der Waals surface area contributed by atoms with Gasteiger partial charge >= 0.3 is 11.9 Å². The lowest BCUT2D eigenvalue weighted by Gasteiger charge is -2.48. The van der Waals surface area contributed by atoms with Gasteiger partial charge in [0.2, 0.25) is 5.91 Å². The maximum atomic E-state index is 15.2. The van der Waals surface area contributed by atoms with Gasteiger partial charge in [-0.15, -0.1) is 56.7 Å². The number of aromatic nitrogens is 8. The standard InChI is InChI=1S/C65H64N14O17S5/c1-27(80)44-57(86)76-45(28(2)91-7)60-72-39(26-99-60)56(85)77-48-50-51(96-42-17-65(4,89)52(78(5)6)29(3)95-42)64(88)93-19-31-11-8-12-40-43(31)33(20-92-50)49(79(40)90)63(87)94-21-34(68-54(83)37-25-101-62(48)73-37)59-69-35(22-98-59)46-32(58-70-38(24-97-58)55(84)75-44)16-41(81)47(74-46)61-71-36(23-100-61)53(82)67-15-13-30-10-9-14-66-18-30/h8-12,14,16,18,22-27,29,34,42,44,48,50-52,80-81,89-90H,13,15,17,19-21H2,1-7H3,(H,67,82)(H,68,83)(H,75,84)(H,76,86)(H,77,85)/b45-28+. The molecule has 4 aliphatic rings. The van der Waals surface area contributed by atoms with E-state index < -0.39 is 133 Å². The van der Waals surface area contributed by atoms with E-state index in [9.17, 15) is 34.9 Å². The Balaban J connectivity index is 0.964. The number of carbonyl (C=O) groups is 7. The number of methoxy groups -OCH3 is 1. The van der Waals surface area contributed by atoms with Crippen molar-refractivity contribution in [1.82, 2.24) is 71.1 Å². The second kappa shape index (κ2) is 28.8. The van der Waals surface area contributed by atoms with Crippen molar-refractivity contribution in [2.75, 3.05) is 34.4 Å². The number of esters is 2. The zero-order valence-electron chi connectivity index (χ0n) is 54.6. The summed E-state index contributed by atoms with van der Waals surface area (Å²) >= 11 is 4.70. The molecule has 526 valence electrons. The lowest BCUT2D eigenvalue weighted by Crippen LogP contribution is -2.62. The Hall–Kier alpha value is -9.60. The van der Waals surface area contributed by atoms with Crippen molar-refractivity contribution >= 4 is 115 Å². The minimum absolute atomic E-state index is 0.00471. The number of thiazole rings is 5. The van der Waals surface area contributed by atoms with E-state index in [4.69, 9.17) is 43.4 Å². The first-order chi connectivity index (χ1) is 48.4. The first-order valence-electron chi connectivity index (χ1n) is 31.3. The number of cyclic esters (lactones) is 2. The van der Waals surface area contributed by atoms with E-state index >= 15 is 19.2 Å². The van der Waals surface area contributed by atoms with Crippen molar-refractivity contribution in [2.45, 2.75) is 114 Å². The zero-order valence-corrected chi connectivity index (χ0v) is 58.7. The van der Waals surface area contributed by atoms with Crippen LogP contribution in [0.5, 0.6) is 5.75 Å². The Morgan fingerprint density at radius 2 is 1.54 bits per heavy atom. The van der Waals surface area contributed by atoms with Gasteiger partial charge in [-0.1, -0.05) is 18.2 Å². The fraction of sp³-hybridized carbons (Fsp3) is 0.354. The Labute approximate surface area is 593 Å². The van der Waals surface area contributed by atoms with E-state index in [0.29, 0.717) is 16.7 Å². The number of benzene rings is 1. The third-order valence-electron chi connectivity index (χ3n) is 17.2. The quantitative estimate of drug-likeness (QED) is 0.0461. The van der Waals surface area contributed by atoms with Crippen molar-refractivity contribution in [3.63, 3.8) is 0 Å². The van der Waals surface area contributed by atoms with Gasteiger partial charge < -0.3 is 80.4 Å². The normalized spacial score (nSPS) is 23.7. The molecule has 0 radical (unpaired) electrons. The van der Waals surface area contributed by atoms with Gasteiger partial charge in [0, 0.05) is 68.8 Å². The molecule has 10 unspecified atom stereocenters. The molecule has 8 aromatic heterocycles. The number of fused-ring (bicyclic) bond motifs is 15. The maximum Gasteiger partial charge on any atom is 0.358 e. The first-order valence-corrected chi connectivity index (χ1v) is 35.7. The SMILES string of the molecule is CO/C(C)=C1/NC(=O)C(C(C)O)NC(=O)c2csc(n2)-c2cc(O)c(-c3nc(C(=O)NCCc4cccnc4)cs3)nc2-c2csc(n2)C2COC(=O)c3c4c5c(cccc5n3O)COC(=O)C(OC3CC(C)(O)C(N(C)C)C(C)O3)C(OC4)C(NC(=O)c3csc1n3)c1nc(cs1)C(=O)N2. The maximum absolute atomic E-state index is 15.2. The number of aliphatic hydroxyl groups excluding tert-OH is 1. The number of hydrogen-bond acceptors (Lipinski definition) is 30. The zero-order chi connectivity index (χ0) is 71.3. The molecule has 0 saturated carbocycles. The number of likely N-dealkylation sites (N-methyl/N-ethyl adjacent to an activating group) is 1. The number of rotatable bonds is 10. The van der Waals surface area contributed by atoms with Crippen LogP contribution in [0.2, 0.25) is 0 Å². The average Bonchev–Trinajstić information content (AvgIpc) is 1.67. The van der Waals surface area contributed by atoms with Gasteiger partial charge in [-0.3, -0.25) is 29.0 Å². The van der Waals surface area contributed by atoms with Gasteiger partial charge in [0.05, 0.1) is 43.1 Å². The number of aliphatic hydroxyl groups is 2. The Morgan fingerprint density at radius 3 is 2.29 bits per heavy atom. The number of pyridine rings is 2. The van der Waals surface area contributed by atoms with E-state index in [1.807, 2.05) is 6.07 Å². The highest BCUT2D eigenvalue weighted by atomic mass is 32.1. The number of amides is 5. The van der Waals surface area contributed by atoms with E-state index in [-0.39, 0.29) is 111 Å². The topological polar surface area (TPSA) is 414 Å². The predicted octanol–water partition coefficient (Wildman–Crippen LogP) is 5.53. The summed E-state index contributed by atoms with van der Waals surface area (Å²) in [5.41, 5.74) is -1.30. The Morgan fingerprint density at radius 1 is 0.842 bits per heavy atom. The molecule has 1 saturated heterocycles. The summed E-state index contributed by atoms with van der Waals surface area (Å²) in [7, 11) is 4.87. The second-order valence-corrected chi connectivity index (χ2v) is 28.8. The smallest absolute Gasteiger partial charge is 0.358 e. The lowest BCUT2D eigenvalue weighted by molar-refractivity contribution is -0.280. The number of hydrogen-bond donors (Lipinski definition) is 9. The summed E-state index contributed by atoms with van der Waals surface area (Å²) in [6.07, 6.45) is -3.66. The molecule has 0 spiro atoms. The van der Waals surface area contributed by atoms with Crippen LogP contribution in [-0.2, 0) is 57.6 Å². The molecule has 1 aromatic carbocycles. The highest BCUT2D eigenvalue weighted by Gasteiger charge is 2.50. The molecule has 5 amide bonds. The monoisotopic (exact) mass is 1470 g/mol. The molecule has 13 rings (SSSR count). The van der Waals surface area contributed by atoms with Gasteiger partial charge in [-0.05, 0) is 77.5 Å². The van der Waals surface area contributed by atoms with Gasteiger partial charge in [-0.2, -0.15) is 4.73 Å². The molecule has 4 aliphatic heterocycles. The van der Waals surface area contributed by atoms with Crippen LogP contribution in [0, 0.1) is 0 Å². The molecule has 9 N–H and O–H groups in total. The van der Waals surface area contributed by atoms with Crippen molar-refractivity contribution in [2.24, 2.45) is 0 Å². The molecule has 10 atom stereocenters. The van der Waals surface area contributed by atoms with Crippen LogP contribution in [0.25, 0.3) is 49.3 Å². The number of allylic oxidation sites excluding steroid dienone is 1. The third kappa shape index (κ3) is 14.2. The van der Waals surface area contributed by atoms with Crippen LogP contribution < -0.4 is 26.6 Å². The summed E-state index contributed by atoms with van der Waals surface area (Å²) in [4.78, 5) is 137. The third-order valence-corrected chi connectivity index (χ3v) is 21.6. The summed E-state index contributed by atoms with van der Waals surface area (Å²) in [5, 5.41) is 68.8. The molecular formula is C65H64N14O17S5. The minimum Gasteiger partial charge on any atom is -0.506 e. The number of carbonyl (C=O) groups excluding carboxylic acids is 7. The average molecular weight is 1470 g/mol. The van der Waals surface area contributed by atoms with Gasteiger partial charge in [0.1, 0.15) is 120 Å². The highest BCUT2D eigenvalue weighted by Crippen LogP contribution is 2.43. The number of nitrogens with one attached hydrogen (secondary N) is 5. The van der Waals surface area contributed by atoms with Crippen molar-refractivity contribution in [3.8, 4) is 38.4 Å². The summed E-state index contributed by atoms with van der Waals surface area (Å²) in [5.74, 6) is -6.70. The van der Waals surface area contributed by atoms with Gasteiger partial charge in [0.25, 0.3) is 23.6 Å². The first kappa shape index (κ1) is 69.9. The van der Waals surface area contributed by atoms with E-state index in [0.717, 1.165) is 62.2 Å². The molecule has 101 heavy (non-hydrogen) atoms. The van der Waals surface area contributed by atoms with Crippen LogP contribution in [-0.4, -0.2) is 189 Å². The number of nitrogens with zero attached hydrogens (tertiary/aromatic N) is 9. The minimum atomic E-state index is -1.91. The van der Waals surface area contributed by atoms with Crippen LogP contribution in [0.4, 0.5) is 0 Å². The van der Waals surface area contributed by atoms with E-state index in [2.05, 4.69) is 46.5 Å².